The molecule has 3 rings (SSSR count). The second-order valence-corrected chi connectivity index (χ2v) is 4.42. The number of nitrogens with zero attached hydrogens (tertiary/aromatic N) is 3. The largest absolute Gasteiger partial charge is 0.338 e. The van der Waals surface area contributed by atoms with Crippen LogP contribution in [0.4, 0.5) is 11.5 Å². The molecule has 4 nitrogen and oxygen atoms in total. The second kappa shape index (κ2) is 4.31. The number of benzene rings is 1. The maximum absolute atomic E-state index is 5.96. The van der Waals surface area contributed by atoms with Gasteiger partial charge in [-0.3, -0.25) is 0 Å². The van der Waals surface area contributed by atoms with Crippen LogP contribution in [0.1, 0.15) is 0 Å². The Kier molecular flexibility index (Phi) is 2.64. The molecule has 3 aromatic rings. The first-order valence-electron chi connectivity index (χ1n) is 5.54. The van der Waals surface area contributed by atoms with Gasteiger partial charge in [-0.05, 0) is 30.3 Å². The molecule has 0 radical (unpaired) electrons. The highest BCUT2D eigenvalue weighted by molar-refractivity contribution is 6.30. The lowest BCUT2D eigenvalue weighted by molar-refractivity contribution is 0.790. The predicted octanol–water partition coefficient (Wildman–Crippen LogP) is 3.37. The quantitative estimate of drug-likeness (QED) is 0.766. The maximum Gasteiger partial charge on any atom is 0.162 e. The van der Waals surface area contributed by atoms with Gasteiger partial charge >= 0.3 is 0 Å². The summed E-state index contributed by atoms with van der Waals surface area (Å²) >= 11 is 5.96. The fraction of sp³-hybridized carbons (Fsp3) is 0.0769. The molecule has 1 aromatic carbocycles. The fourth-order valence-electron chi connectivity index (χ4n) is 1.89. The van der Waals surface area contributed by atoms with E-state index in [4.69, 9.17) is 11.6 Å². The number of nitrogens with one attached hydrogen (secondary N) is 1. The first-order valence-corrected chi connectivity index (χ1v) is 5.92. The van der Waals surface area contributed by atoms with Gasteiger partial charge in [-0.15, -0.1) is 0 Å². The molecule has 0 unspecified atom stereocenters. The van der Waals surface area contributed by atoms with Crippen molar-refractivity contribution in [2.75, 3.05) is 5.32 Å². The highest BCUT2D eigenvalue weighted by atomic mass is 35.5. The lowest BCUT2D eigenvalue weighted by Gasteiger charge is -2.03. The van der Waals surface area contributed by atoms with E-state index in [0.717, 1.165) is 22.5 Å². The second-order valence-electron chi connectivity index (χ2n) is 3.98. The number of halogens is 1. The van der Waals surface area contributed by atoms with Crippen LogP contribution < -0.4 is 5.32 Å². The van der Waals surface area contributed by atoms with E-state index in [1.165, 1.54) is 0 Å². The molecule has 0 aliphatic heterocycles. The van der Waals surface area contributed by atoms with Crippen molar-refractivity contribution in [3.8, 4) is 0 Å². The number of rotatable bonds is 2. The average Bonchev–Trinajstić information content (AvgIpc) is 2.67. The lowest BCUT2D eigenvalue weighted by Crippen LogP contribution is -1.94. The van der Waals surface area contributed by atoms with E-state index in [9.17, 15) is 0 Å². The smallest absolute Gasteiger partial charge is 0.162 e. The molecule has 0 aliphatic carbocycles. The molecule has 0 amide bonds. The molecule has 2 aromatic heterocycles. The standard InChI is InChI=1S/C13H11ClN4/c1-18-13-11(6-3-7-15-13)12(17-18)16-10-5-2-4-9(14)8-10/h2-8H,1H3,(H,16,17). The van der Waals surface area contributed by atoms with Gasteiger partial charge in [0.15, 0.2) is 11.5 Å². The third kappa shape index (κ3) is 1.91. The zero-order chi connectivity index (χ0) is 12.5. The summed E-state index contributed by atoms with van der Waals surface area (Å²) < 4.78 is 1.75. The van der Waals surface area contributed by atoms with Crippen molar-refractivity contribution in [1.29, 1.82) is 0 Å². The third-order valence-electron chi connectivity index (χ3n) is 2.69. The Labute approximate surface area is 109 Å². The average molecular weight is 259 g/mol. The first kappa shape index (κ1) is 11.0. The van der Waals surface area contributed by atoms with Crippen LogP contribution in [0.3, 0.4) is 0 Å². The van der Waals surface area contributed by atoms with Crippen LogP contribution in [-0.2, 0) is 7.05 Å². The van der Waals surface area contributed by atoms with Gasteiger partial charge in [-0.2, -0.15) is 5.10 Å². The van der Waals surface area contributed by atoms with Gasteiger partial charge in [0.25, 0.3) is 0 Å². The first-order chi connectivity index (χ1) is 8.74. The minimum Gasteiger partial charge on any atom is -0.338 e. The molecule has 18 heavy (non-hydrogen) atoms. The summed E-state index contributed by atoms with van der Waals surface area (Å²) in [6.45, 7) is 0. The van der Waals surface area contributed by atoms with Crippen LogP contribution in [0.15, 0.2) is 42.6 Å². The van der Waals surface area contributed by atoms with Gasteiger partial charge in [0.2, 0.25) is 0 Å². The van der Waals surface area contributed by atoms with Gasteiger partial charge in [0.05, 0.1) is 5.39 Å². The van der Waals surface area contributed by atoms with Gasteiger partial charge in [-0.25, -0.2) is 9.67 Å². The number of aryl methyl sites for hydroxylation is 1. The Morgan fingerprint density at radius 2 is 2.11 bits per heavy atom. The molecular weight excluding hydrogens is 248 g/mol. The molecular formula is C13H11ClN4. The summed E-state index contributed by atoms with van der Waals surface area (Å²) in [5, 5.41) is 9.35. The third-order valence-corrected chi connectivity index (χ3v) is 2.92. The molecule has 5 heteroatoms. The van der Waals surface area contributed by atoms with E-state index in [1.54, 1.807) is 10.9 Å². The van der Waals surface area contributed by atoms with Crippen LogP contribution >= 0.6 is 11.6 Å². The zero-order valence-electron chi connectivity index (χ0n) is 9.76. The van der Waals surface area contributed by atoms with E-state index < -0.39 is 0 Å². The van der Waals surface area contributed by atoms with E-state index in [1.807, 2.05) is 43.4 Å². The van der Waals surface area contributed by atoms with Gasteiger partial charge < -0.3 is 5.32 Å². The number of pyridine rings is 1. The molecule has 90 valence electrons. The summed E-state index contributed by atoms with van der Waals surface area (Å²) in [7, 11) is 1.87. The molecule has 0 aliphatic rings. The summed E-state index contributed by atoms with van der Waals surface area (Å²) in [6.07, 6.45) is 1.76. The highest BCUT2D eigenvalue weighted by Gasteiger charge is 2.08. The minimum atomic E-state index is 0.693. The SMILES string of the molecule is Cn1nc(Nc2cccc(Cl)c2)c2cccnc21. The summed E-state index contributed by atoms with van der Waals surface area (Å²) in [4.78, 5) is 4.29. The predicted molar refractivity (Wildman–Crippen MR) is 73.2 cm³/mol. The van der Waals surface area contributed by atoms with E-state index >= 15 is 0 Å². The Hall–Kier alpha value is -2.07. The number of hydrogen-bond donors (Lipinski definition) is 1. The highest BCUT2D eigenvalue weighted by Crippen LogP contribution is 2.25. The molecule has 0 atom stereocenters. The molecule has 0 spiro atoms. The fourth-order valence-corrected chi connectivity index (χ4v) is 2.08. The maximum atomic E-state index is 5.96. The number of anilines is 2. The van der Waals surface area contributed by atoms with Crippen molar-refractivity contribution in [3.63, 3.8) is 0 Å². The molecule has 0 fully saturated rings. The van der Waals surface area contributed by atoms with Crippen LogP contribution in [0.5, 0.6) is 0 Å². The van der Waals surface area contributed by atoms with Crippen LogP contribution in [0.25, 0.3) is 11.0 Å². The van der Waals surface area contributed by atoms with Gasteiger partial charge in [0.1, 0.15) is 0 Å². The lowest BCUT2D eigenvalue weighted by atomic mass is 10.3. The molecule has 0 bridgehead atoms. The van der Waals surface area contributed by atoms with E-state index in [0.29, 0.717) is 5.02 Å². The van der Waals surface area contributed by atoms with Gasteiger partial charge in [-0.1, -0.05) is 17.7 Å². The topological polar surface area (TPSA) is 42.7 Å². The molecule has 1 N–H and O–H groups in total. The van der Waals surface area contributed by atoms with E-state index in [-0.39, 0.29) is 0 Å². The Bertz CT molecular complexity index is 705. The van der Waals surface area contributed by atoms with Crippen molar-refractivity contribution < 1.29 is 0 Å². The summed E-state index contributed by atoms with van der Waals surface area (Å²) in [6, 6.07) is 11.4. The Morgan fingerprint density at radius 3 is 2.94 bits per heavy atom. The van der Waals surface area contributed by atoms with Gasteiger partial charge in [0, 0.05) is 24.0 Å². The Balaban J connectivity index is 2.05. The zero-order valence-corrected chi connectivity index (χ0v) is 10.5. The molecule has 0 saturated carbocycles. The Morgan fingerprint density at radius 1 is 1.22 bits per heavy atom. The normalized spacial score (nSPS) is 10.8. The van der Waals surface area contributed by atoms with Crippen molar-refractivity contribution in [1.82, 2.24) is 14.8 Å². The monoisotopic (exact) mass is 258 g/mol. The summed E-state index contributed by atoms with van der Waals surface area (Å²) in [5.74, 6) is 0.780. The van der Waals surface area contributed by atoms with E-state index in [2.05, 4.69) is 15.4 Å². The van der Waals surface area contributed by atoms with Crippen molar-refractivity contribution in [2.45, 2.75) is 0 Å². The van der Waals surface area contributed by atoms with Crippen LogP contribution in [0, 0.1) is 0 Å². The minimum absolute atomic E-state index is 0.693. The van der Waals surface area contributed by atoms with Crippen LogP contribution in [0.2, 0.25) is 5.02 Å². The number of aromatic nitrogens is 3. The number of fused-ring (bicyclic) bond motifs is 1. The molecule has 0 saturated heterocycles. The molecule has 2 heterocycles. The van der Waals surface area contributed by atoms with Crippen molar-refractivity contribution in [2.24, 2.45) is 7.05 Å². The van der Waals surface area contributed by atoms with Crippen molar-refractivity contribution in [3.05, 3.63) is 47.6 Å². The summed E-state index contributed by atoms with van der Waals surface area (Å²) in [5.41, 5.74) is 1.76. The number of hydrogen-bond acceptors (Lipinski definition) is 3. The van der Waals surface area contributed by atoms with Crippen LogP contribution in [-0.4, -0.2) is 14.8 Å². The van der Waals surface area contributed by atoms with Crippen molar-refractivity contribution >= 4 is 34.1 Å².